The predicted octanol–water partition coefficient (Wildman–Crippen LogP) is 0.920. The fourth-order valence-electron chi connectivity index (χ4n) is 1.46. The first-order valence-electron chi connectivity index (χ1n) is 3.95. The van der Waals surface area contributed by atoms with Gasteiger partial charge < -0.3 is 10.2 Å². The number of hydrogen-bond acceptors (Lipinski definition) is 2. The van der Waals surface area contributed by atoms with E-state index in [1.807, 2.05) is 0 Å². The molecule has 1 rings (SSSR count). The highest BCUT2D eigenvalue weighted by Crippen LogP contribution is 2.34. The second-order valence-corrected chi connectivity index (χ2v) is 3.70. The van der Waals surface area contributed by atoms with Crippen LogP contribution < -0.4 is 0 Å². The molecule has 0 aromatic carbocycles. The summed E-state index contributed by atoms with van der Waals surface area (Å²) in [5, 5.41) is 18.1. The van der Waals surface area contributed by atoms with Crippen LogP contribution in [0.1, 0.15) is 32.6 Å². The van der Waals surface area contributed by atoms with Gasteiger partial charge in [0.05, 0.1) is 6.10 Å². The van der Waals surface area contributed by atoms with Gasteiger partial charge in [0, 0.05) is 6.61 Å². The molecule has 2 nitrogen and oxygen atoms in total. The Morgan fingerprint density at radius 2 is 1.90 bits per heavy atom. The zero-order valence-corrected chi connectivity index (χ0v) is 6.51. The third-order valence-corrected chi connectivity index (χ3v) is 2.54. The van der Waals surface area contributed by atoms with E-state index in [9.17, 15) is 0 Å². The molecule has 0 spiro atoms. The zero-order chi connectivity index (χ0) is 7.61. The third kappa shape index (κ3) is 1.70. The van der Waals surface area contributed by atoms with Gasteiger partial charge in [-0.15, -0.1) is 0 Å². The molecule has 0 radical (unpaired) electrons. The first-order valence-corrected chi connectivity index (χ1v) is 3.95. The van der Waals surface area contributed by atoms with Crippen LogP contribution in [0.5, 0.6) is 0 Å². The zero-order valence-electron chi connectivity index (χ0n) is 6.51. The maximum Gasteiger partial charge on any atom is 0.0540 e. The lowest BCUT2D eigenvalue weighted by Gasteiger charge is -2.33. The van der Waals surface area contributed by atoms with Gasteiger partial charge >= 0.3 is 0 Å². The standard InChI is InChI=1S/C8H16O2/c1-8(6-9)4-2-7(10)3-5-8/h7,9-10H,2-6H2,1H3. The Morgan fingerprint density at radius 1 is 1.40 bits per heavy atom. The maximum absolute atomic E-state index is 9.16. The van der Waals surface area contributed by atoms with Gasteiger partial charge in [-0.3, -0.25) is 0 Å². The summed E-state index contributed by atoms with van der Waals surface area (Å²) < 4.78 is 0. The summed E-state index contributed by atoms with van der Waals surface area (Å²) in [7, 11) is 0. The van der Waals surface area contributed by atoms with Crippen molar-refractivity contribution in [3.63, 3.8) is 0 Å². The Bertz CT molecular complexity index is 104. The van der Waals surface area contributed by atoms with E-state index in [1.54, 1.807) is 0 Å². The molecular weight excluding hydrogens is 128 g/mol. The van der Waals surface area contributed by atoms with Crippen LogP contribution in [0.4, 0.5) is 0 Å². The second-order valence-electron chi connectivity index (χ2n) is 3.70. The van der Waals surface area contributed by atoms with E-state index in [4.69, 9.17) is 10.2 Å². The smallest absolute Gasteiger partial charge is 0.0540 e. The van der Waals surface area contributed by atoms with Gasteiger partial charge in [-0.1, -0.05) is 6.92 Å². The van der Waals surface area contributed by atoms with Gasteiger partial charge in [0.1, 0.15) is 0 Å². The number of hydrogen-bond donors (Lipinski definition) is 2. The Balaban J connectivity index is 2.38. The molecule has 1 fully saturated rings. The van der Waals surface area contributed by atoms with Crippen LogP contribution in [0.25, 0.3) is 0 Å². The van der Waals surface area contributed by atoms with E-state index in [0.717, 1.165) is 25.7 Å². The van der Waals surface area contributed by atoms with E-state index in [0.29, 0.717) is 0 Å². The van der Waals surface area contributed by atoms with Crippen molar-refractivity contribution in [1.82, 2.24) is 0 Å². The molecule has 0 amide bonds. The molecule has 2 heteroatoms. The lowest BCUT2D eigenvalue weighted by Crippen LogP contribution is -2.29. The largest absolute Gasteiger partial charge is 0.396 e. The summed E-state index contributed by atoms with van der Waals surface area (Å²) in [6.07, 6.45) is 3.53. The highest BCUT2D eigenvalue weighted by molar-refractivity contribution is 4.80. The van der Waals surface area contributed by atoms with Crippen molar-refractivity contribution >= 4 is 0 Å². The van der Waals surface area contributed by atoms with Crippen molar-refractivity contribution in [2.75, 3.05) is 6.61 Å². The van der Waals surface area contributed by atoms with Gasteiger partial charge in [0.15, 0.2) is 0 Å². The average molecular weight is 144 g/mol. The normalized spacial score (nSPS) is 41.7. The summed E-state index contributed by atoms with van der Waals surface area (Å²) in [4.78, 5) is 0. The summed E-state index contributed by atoms with van der Waals surface area (Å²) in [5.74, 6) is 0. The molecule has 0 heterocycles. The number of aliphatic hydroxyl groups excluding tert-OH is 2. The summed E-state index contributed by atoms with van der Waals surface area (Å²) in [6.45, 7) is 2.35. The van der Waals surface area contributed by atoms with Crippen molar-refractivity contribution in [2.45, 2.75) is 38.7 Å². The van der Waals surface area contributed by atoms with Gasteiger partial charge in [0.2, 0.25) is 0 Å². The van der Waals surface area contributed by atoms with E-state index in [2.05, 4.69) is 6.92 Å². The highest BCUT2D eigenvalue weighted by Gasteiger charge is 2.29. The molecule has 0 saturated heterocycles. The molecule has 0 unspecified atom stereocenters. The Kier molecular flexibility index (Phi) is 2.32. The van der Waals surface area contributed by atoms with Crippen molar-refractivity contribution in [2.24, 2.45) is 5.41 Å². The fourth-order valence-corrected chi connectivity index (χ4v) is 1.46. The quantitative estimate of drug-likeness (QED) is 0.574. The molecule has 0 aromatic rings. The molecule has 1 aliphatic carbocycles. The van der Waals surface area contributed by atoms with Crippen LogP contribution >= 0.6 is 0 Å². The molecule has 0 aliphatic heterocycles. The lowest BCUT2D eigenvalue weighted by molar-refractivity contribution is 0.0356. The van der Waals surface area contributed by atoms with Crippen molar-refractivity contribution in [3.05, 3.63) is 0 Å². The third-order valence-electron chi connectivity index (χ3n) is 2.54. The molecule has 2 N–H and O–H groups in total. The Labute approximate surface area is 61.9 Å². The van der Waals surface area contributed by atoms with E-state index < -0.39 is 0 Å². The summed E-state index contributed by atoms with van der Waals surface area (Å²) >= 11 is 0. The lowest BCUT2D eigenvalue weighted by atomic mass is 9.75. The van der Waals surface area contributed by atoms with E-state index in [1.165, 1.54) is 0 Å². The van der Waals surface area contributed by atoms with Crippen LogP contribution in [0.15, 0.2) is 0 Å². The Hall–Kier alpha value is -0.0800. The van der Waals surface area contributed by atoms with Crippen LogP contribution in [0.2, 0.25) is 0 Å². The van der Waals surface area contributed by atoms with Crippen LogP contribution in [0.3, 0.4) is 0 Å². The van der Waals surface area contributed by atoms with Crippen LogP contribution in [-0.2, 0) is 0 Å². The predicted molar refractivity (Wildman–Crippen MR) is 39.7 cm³/mol. The van der Waals surface area contributed by atoms with Crippen LogP contribution in [0, 0.1) is 5.41 Å². The van der Waals surface area contributed by atoms with Gasteiger partial charge in [-0.2, -0.15) is 0 Å². The minimum absolute atomic E-state index is 0.0965. The van der Waals surface area contributed by atoms with Crippen molar-refractivity contribution < 1.29 is 10.2 Å². The van der Waals surface area contributed by atoms with Gasteiger partial charge in [0.25, 0.3) is 0 Å². The maximum atomic E-state index is 9.16. The summed E-state index contributed by atoms with van der Waals surface area (Å²) in [5.41, 5.74) is 0.0965. The minimum Gasteiger partial charge on any atom is -0.396 e. The Morgan fingerprint density at radius 3 is 2.30 bits per heavy atom. The van der Waals surface area contributed by atoms with Crippen molar-refractivity contribution in [3.8, 4) is 0 Å². The molecule has 10 heavy (non-hydrogen) atoms. The molecule has 1 saturated carbocycles. The van der Waals surface area contributed by atoms with E-state index >= 15 is 0 Å². The molecule has 1 aliphatic rings. The highest BCUT2D eigenvalue weighted by atomic mass is 16.3. The van der Waals surface area contributed by atoms with Gasteiger partial charge in [-0.05, 0) is 31.1 Å². The fraction of sp³-hybridized carbons (Fsp3) is 1.00. The molecule has 0 bridgehead atoms. The minimum atomic E-state index is -0.111. The van der Waals surface area contributed by atoms with E-state index in [-0.39, 0.29) is 18.1 Å². The first kappa shape index (κ1) is 8.02. The van der Waals surface area contributed by atoms with Crippen molar-refractivity contribution in [1.29, 1.82) is 0 Å². The topological polar surface area (TPSA) is 40.5 Å². The monoisotopic (exact) mass is 144 g/mol. The summed E-state index contributed by atoms with van der Waals surface area (Å²) in [6, 6.07) is 0. The first-order chi connectivity index (χ1) is 4.66. The molecule has 0 atom stereocenters. The number of rotatable bonds is 1. The molecule has 0 aromatic heterocycles. The SMILES string of the molecule is CC1(CO)CCC(O)CC1. The number of aliphatic hydroxyl groups is 2. The molecule has 60 valence electrons. The molecular formula is C8H16O2. The van der Waals surface area contributed by atoms with Crippen LogP contribution in [-0.4, -0.2) is 22.9 Å². The van der Waals surface area contributed by atoms with Gasteiger partial charge in [-0.25, -0.2) is 0 Å². The average Bonchev–Trinajstić information content (AvgIpc) is 1.96. The second kappa shape index (κ2) is 2.89.